The standard InChI is InChI=1S/C18H26N4O4/c1-9-14(10(2)22(20-9)4-5-26-3)19-17(24)18(25)21-8-12-6-11-7-13(12)15(21)16(11)23/h11-13,15-16,23H,4-8H2,1-3H3,(H,19,24). The Hall–Kier alpha value is -1.93. The fraction of sp³-hybridized carbons (Fsp3) is 0.722. The van der Waals surface area contributed by atoms with Crippen LogP contribution in [0, 0.1) is 31.6 Å². The Bertz CT molecular complexity index is 744. The van der Waals surface area contributed by atoms with Crippen LogP contribution in [0.4, 0.5) is 5.69 Å². The number of aliphatic hydroxyl groups excluding tert-OH is 1. The Morgan fingerprint density at radius 2 is 2.08 bits per heavy atom. The van der Waals surface area contributed by atoms with Crippen molar-refractivity contribution in [2.75, 3.05) is 25.6 Å². The van der Waals surface area contributed by atoms with E-state index in [-0.39, 0.29) is 6.04 Å². The molecule has 1 aliphatic heterocycles. The summed E-state index contributed by atoms with van der Waals surface area (Å²) in [5.74, 6) is -0.121. The highest BCUT2D eigenvalue weighted by Gasteiger charge is 2.60. The predicted octanol–water partition coefficient (Wildman–Crippen LogP) is 0.313. The summed E-state index contributed by atoms with van der Waals surface area (Å²) in [4.78, 5) is 27.0. The molecule has 2 bridgehead atoms. The molecular weight excluding hydrogens is 336 g/mol. The molecule has 8 nitrogen and oxygen atoms in total. The SMILES string of the molecule is COCCn1nc(C)c(NC(=O)C(=O)N2CC3CC4CC3C2C4O)c1C. The van der Waals surface area contributed by atoms with Crippen LogP contribution < -0.4 is 5.32 Å². The van der Waals surface area contributed by atoms with E-state index in [0.29, 0.717) is 48.8 Å². The largest absolute Gasteiger partial charge is 0.391 e. The molecular formula is C18H26N4O4. The molecule has 5 unspecified atom stereocenters. The van der Waals surface area contributed by atoms with E-state index < -0.39 is 17.9 Å². The quantitative estimate of drug-likeness (QED) is 0.752. The van der Waals surface area contributed by atoms with Crippen molar-refractivity contribution >= 4 is 17.5 Å². The van der Waals surface area contributed by atoms with Crippen LogP contribution in [0.15, 0.2) is 0 Å². The fourth-order valence-electron chi connectivity index (χ4n) is 5.22. The number of nitrogens with zero attached hydrogens (tertiary/aromatic N) is 3. The molecule has 1 saturated heterocycles. The van der Waals surface area contributed by atoms with Gasteiger partial charge < -0.3 is 20.1 Å². The lowest BCUT2D eigenvalue weighted by molar-refractivity contribution is -0.145. The van der Waals surface area contributed by atoms with Gasteiger partial charge in [-0.05, 0) is 44.4 Å². The third kappa shape index (κ3) is 2.54. The average Bonchev–Trinajstić information content (AvgIpc) is 3.29. The van der Waals surface area contributed by atoms with E-state index in [1.165, 1.54) is 0 Å². The van der Waals surface area contributed by atoms with E-state index >= 15 is 0 Å². The number of fused-ring (bicyclic) bond motifs is 1. The van der Waals surface area contributed by atoms with Gasteiger partial charge in [0, 0.05) is 13.7 Å². The molecule has 3 fully saturated rings. The highest BCUT2D eigenvalue weighted by Crippen LogP contribution is 2.54. The second kappa shape index (κ2) is 6.35. The molecule has 2 saturated carbocycles. The predicted molar refractivity (Wildman–Crippen MR) is 93.4 cm³/mol. The maximum atomic E-state index is 12.8. The number of hydrogen-bond donors (Lipinski definition) is 2. The van der Waals surface area contributed by atoms with Gasteiger partial charge in [-0.3, -0.25) is 14.3 Å². The van der Waals surface area contributed by atoms with Crippen molar-refractivity contribution in [2.24, 2.45) is 17.8 Å². The third-order valence-electron chi connectivity index (χ3n) is 6.43. The van der Waals surface area contributed by atoms with E-state index in [1.54, 1.807) is 23.6 Å². The van der Waals surface area contributed by atoms with Crippen LogP contribution in [0.1, 0.15) is 24.2 Å². The number of aromatic nitrogens is 2. The second-order valence-electron chi connectivity index (χ2n) is 7.81. The zero-order chi connectivity index (χ0) is 18.6. The summed E-state index contributed by atoms with van der Waals surface area (Å²) in [6, 6.07) is -0.191. The van der Waals surface area contributed by atoms with Crippen molar-refractivity contribution in [3.63, 3.8) is 0 Å². The summed E-state index contributed by atoms with van der Waals surface area (Å²) in [5, 5.41) is 17.6. The fourth-order valence-corrected chi connectivity index (χ4v) is 5.22. The molecule has 26 heavy (non-hydrogen) atoms. The summed E-state index contributed by atoms with van der Waals surface area (Å²) >= 11 is 0. The first kappa shape index (κ1) is 17.5. The second-order valence-corrected chi connectivity index (χ2v) is 7.81. The van der Waals surface area contributed by atoms with E-state index in [0.717, 1.165) is 18.5 Å². The minimum atomic E-state index is -0.653. The van der Waals surface area contributed by atoms with Crippen molar-refractivity contribution in [3.8, 4) is 0 Å². The Morgan fingerprint density at radius 1 is 1.31 bits per heavy atom. The average molecular weight is 362 g/mol. The summed E-state index contributed by atoms with van der Waals surface area (Å²) in [6.07, 6.45) is 1.46. The van der Waals surface area contributed by atoms with Crippen LogP contribution in [-0.2, 0) is 20.9 Å². The lowest BCUT2D eigenvalue weighted by Crippen LogP contribution is -2.47. The Labute approximate surface area is 152 Å². The van der Waals surface area contributed by atoms with Crippen molar-refractivity contribution in [3.05, 3.63) is 11.4 Å². The van der Waals surface area contributed by atoms with Gasteiger partial charge in [-0.1, -0.05) is 0 Å². The molecule has 0 spiro atoms. The highest BCUT2D eigenvalue weighted by molar-refractivity contribution is 6.39. The topological polar surface area (TPSA) is 96.7 Å². The first-order valence-corrected chi connectivity index (χ1v) is 9.25. The lowest BCUT2D eigenvalue weighted by Gasteiger charge is -2.28. The molecule has 2 N–H and O–H groups in total. The molecule has 4 rings (SSSR count). The number of likely N-dealkylation sites (tertiary alicyclic amines) is 1. The molecule has 0 radical (unpaired) electrons. The Kier molecular flexibility index (Phi) is 4.27. The van der Waals surface area contributed by atoms with Crippen molar-refractivity contribution in [1.82, 2.24) is 14.7 Å². The van der Waals surface area contributed by atoms with Crippen molar-refractivity contribution < 1.29 is 19.4 Å². The van der Waals surface area contributed by atoms with Gasteiger partial charge in [0.25, 0.3) is 0 Å². The molecule has 2 heterocycles. The number of carbonyl (C=O) groups is 2. The van der Waals surface area contributed by atoms with Gasteiger partial charge in [0.1, 0.15) is 0 Å². The Morgan fingerprint density at radius 3 is 2.77 bits per heavy atom. The molecule has 8 heteroatoms. The van der Waals surface area contributed by atoms with Gasteiger partial charge >= 0.3 is 11.8 Å². The molecule has 3 aliphatic rings. The summed E-state index contributed by atoms with van der Waals surface area (Å²) < 4.78 is 6.83. The minimum absolute atomic E-state index is 0.191. The van der Waals surface area contributed by atoms with Gasteiger partial charge in [-0.2, -0.15) is 5.10 Å². The number of amides is 2. The number of aliphatic hydroxyl groups is 1. The van der Waals surface area contributed by atoms with Crippen LogP contribution >= 0.6 is 0 Å². The summed E-state index contributed by atoms with van der Waals surface area (Å²) in [6.45, 7) is 5.35. The van der Waals surface area contributed by atoms with Gasteiger partial charge in [0.2, 0.25) is 0 Å². The number of hydrogen-bond acceptors (Lipinski definition) is 5. The highest BCUT2D eigenvalue weighted by atomic mass is 16.5. The molecule has 142 valence electrons. The third-order valence-corrected chi connectivity index (χ3v) is 6.43. The van der Waals surface area contributed by atoms with Crippen LogP contribution in [0.2, 0.25) is 0 Å². The zero-order valence-corrected chi connectivity index (χ0v) is 15.4. The number of nitrogens with one attached hydrogen (secondary N) is 1. The Balaban J connectivity index is 1.47. The number of anilines is 1. The van der Waals surface area contributed by atoms with E-state index in [4.69, 9.17) is 4.74 Å². The van der Waals surface area contributed by atoms with E-state index in [2.05, 4.69) is 10.4 Å². The molecule has 5 atom stereocenters. The molecule has 1 aromatic rings. The first-order valence-electron chi connectivity index (χ1n) is 9.25. The zero-order valence-electron chi connectivity index (χ0n) is 15.4. The molecule has 1 aromatic heterocycles. The van der Waals surface area contributed by atoms with Crippen molar-refractivity contribution in [2.45, 2.75) is 45.4 Å². The molecule has 2 amide bonds. The smallest absolute Gasteiger partial charge is 0.314 e. The number of ether oxygens (including phenoxy) is 1. The number of rotatable bonds is 4. The van der Waals surface area contributed by atoms with Crippen LogP contribution in [0.3, 0.4) is 0 Å². The maximum absolute atomic E-state index is 12.8. The van der Waals surface area contributed by atoms with Crippen LogP contribution in [0.5, 0.6) is 0 Å². The van der Waals surface area contributed by atoms with Crippen molar-refractivity contribution in [1.29, 1.82) is 0 Å². The van der Waals surface area contributed by atoms with E-state index in [1.807, 2.05) is 6.92 Å². The number of aryl methyl sites for hydroxylation is 1. The van der Waals surface area contributed by atoms with Gasteiger partial charge in [0.05, 0.1) is 42.4 Å². The minimum Gasteiger partial charge on any atom is -0.391 e. The van der Waals surface area contributed by atoms with Gasteiger partial charge in [-0.25, -0.2) is 0 Å². The van der Waals surface area contributed by atoms with Crippen LogP contribution in [0.25, 0.3) is 0 Å². The van der Waals surface area contributed by atoms with Gasteiger partial charge in [0.15, 0.2) is 0 Å². The first-order chi connectivity index (χ1) is 12.4. The summed E-state index contributed by atoms with van der Waals surface area (Å²) in [5.41, 5.74) is 2.04. The molecule has 2 aliphatic carbocycles. The normalized spacial score (nSPS) is 31.7. The van der Waals surface area contributed by atoms with Gasteiger partial charge in [-0.15, -0.1) is 0 Å². The number of carbonyl (C=O) groups excluding carboxylic acids is 2. The molecule has 0 aromatic carbocycles. The monoisotopic (exact) mass is 362 g/mol. The maximum Gasteiger partial charge on any atom is 0.314 e. The number of methoxy groups -OCH3 is 1. The lowest BCUT2D eigenvalue weighted by atomic mass is 9.88. The summed E-state index contributed by atoms with van der Waals surface area (Å²) in [7, 11) is 1.62. The van der Waals surface area contributed by atoms with Crippen LogP contribution in [-0.4, -0.2) is 64.0 Å². The van der Waals surface area contributed by atoms with E-state index in [9.17, 15) is 14.7 Å².